The Morgan fingerprint density at radius 3 is 2.72 bits per heavy atom. The average Bonchev–Trinajstić information content (AvgIpc) is 3.55. The first-order valence-electron chi connectivity index (χ1n) is 11.5. The third kappa shape index (κ3) is 4.18. The molecule has 0 saturated heterocycles. The minimum absolute atomic E-state index is 0.0527. The Balaban J connectivity index is 1.21. The van der Waals surface area contributed by atoms with Crippen LogP contribution >= 0.6 is 0 Å². The molecule has 0 spiro atoms. The van der Waals surface area contributed by atoms with Gasteiger partial charge in [-0.05, 0) is 55.0 Å². The van der Waals surface area contributed by atoms with Crippen LogP contribution in [0.5, 0.6) is 11.5 Å². The number of nitrogens with one attached hydrogen (secondary N) is 2. The summed E-state index contributed by atoms with van der Waals surface area (Å²) < 4.78 is 12.6. The molecule has 9 nitrogen and oxygen atoms in total. The number of amides is 1. The maximum absolute atomic E-state index is 12.7. The second-order valence-corrected chi connectivity index (χ2v) is 8.36. The van der Waals surface area contributed by atoms with E-state index in [0.717, 1.165) is 16.6 Å². The van der Waals surface area contributed by atoms with Crippen LogP contribution in [0, 0.1) is 0 Å². The lowest BCUT2D eigenvalue weighted by Crippen LogP contribution is -2.11. The van der Waals surface area contributed by atoms with Gasteiger partial charge in [-0.25, -0.2) is 9.97 Å². The Hall–Kier alpha value is -4.92. The first-order chi connectivity index (χ1) is 17.6. The van der Waals surface area contributed by atoms with E-state index in [1.807, 2.05) is 47.0 Å². The SMILES string of the molecule is C[C@H](Nc1nccc(-n2cnc3cc(NC(=O)c4ccc5c(c4)OCO5)ccc32)n1)c1ccccc1. The molecular weight excluding hydrogens is 456 g/mol. The van der Waals surface area contributed by atoms with Crippen LogP contribution in [0.25, 0.3) is 16.9 Å². The van der Waals surface area contributed by atoms with Crippen LogP contribution in [0.3, 0.4) is 0 Å². The van der Waals surface area contributed by atoms with E-state index in [1.165, 1.54) is 0 Å². The highest BCUT2D eigenvalue weighted by Gasteiger charge is 2.17. The number of fused-ring (bicyclic) bond motifs is 2. The summed E-state index contributed by atoms with van der Waals surface area (Å²) >= 11 is 0. The molecule has 1 aliphatic heterocycles. The van der Waals surface area contributed by atoms with Gasteiger partial charge < -0.3 is 20.1 Å². The Bertz CT molecular complexity index is 1570. The van der Waals surface area contributed by atoms with Crippen molar-refractivity contribution in [1.29, 1.82) is 0 Å². The van der Waals surface area contributed by atoms with Crippen molar-refractivity contribution in [3.8, 4) is 17.3 Å². The van der Waals surface area contributed by atoms with Crippen molar-refractivity contribution in [2.45, 2.75) is 13.0 Å². The molecule has 1 aliphatic rings. The van der Waals surface area contributed by atoms with Gasteiger partial charge in [-0.2, -0.15) is 4.98 Å². The van der Waals surface area contributed by atoms with Crippen LogP contribution in [-0.2, 0) is 0 Å². The second kappa shape index (κ2) is 9.03. The van der Waals surface area contributed by atoms with Crippen molar-refractivity contribution in [1.82, 2.24) is 19.5 Å². The van der Waals surface area contributed by atoms with E-state index in [-0.39, 0.29) is 18.7 Å². The van der Waals surface area contributed by atoms with E-state index in [0.29, 0.717) is 34.5 Å². The van der Waals surface area contributed by atoms with Crippen LogP contribution in [0.1, 0.15) is 28.9 Å². The van der Waals surface area contributed by atoms with Crippen molar-refractivity contribution in [2.24, 2.45) is 0 Å². The van der Waals surface area contributed by atoms with Gasteiger partial charge in [0.05, 0.1) is 17.1 Å². The number of benzene rings is 3. The maximum Gasteiger partial charge on any atom is 0.255 e. The molecule has 0 unspecified atom stereocenters. The molecule has 36 heavy (non-hydrogen) atoms. The smallest absolute Gasteiger partial charge is 0.255 e. The van der Waals surface area contributed by atoms with E-state index < -0.39 is 0 Å². The molecule has 2 aromatic heterocycles. The molecule has 9 heteroatoms. The predicted octanol–water partition coefficient (Wildman–Crippen LogP) is 4.97. The molecule has 178 valence electrons. The molecule has 1 amide bonds. The Labute approximate surface area is 206 Å². The highest BCUT2D eigenvalue weighted by atomic mass is 16.7. The molecule has 3 aromatic carbocycles. The summed E-state index contributed by atoms with van der Waals surface area (Å²) in [6.07, 6.45) is 3.43. The van der Waals surface area contributed by atoms with Gasteiger partial charge in [0.1, 0.15) is 12.1 Å². The van der Waals surface area contributed by atoms with E-state index in [1.54, 1.807) is 30.7 Å². The van der Waals surface area contributed by atoms with E-state index in [4.69, 9.17) is 9.47 Å². The summed E-state index contributed by atoms with van der Waals surface area (Å²) in [4.78, 5) is 26.3. The van der Waals surface area contributed by atoms with Crippen molar-refractivity contribution in [3.05, 3.63) is 96.4 Å². The Morgan fingerprint density at radius 2 is 1.83 bits per heavy atom. The van der Waals surface area contributed by atoms with Crippen molar-refractivity contribution >= 4 is 28.6 Å². The third-order valence-electron chi connectivity index (χ3n) is 5.97. The lowest BCUT2D eigenvalue weighted by Gasteiger charge is -2.14. The average molecular weight is 479 g/mol. The largest absolute Gasteiger partial charge is 0.454 e. The highest BCUT2D eigenvalue weighted by molar-refractivity contribution is 6.05. The van der Waals surface area contributed by atoms with Crippen molar-refractivity contribution in [3.63, 3.8) is 0 Å². The van der Waals surface area contributed by atoms with Gasteiger partial charge in [0, 0.05) is 17.4 Å². The highest BCUT2D eigenvalue weighted by Crippen LogP contribution is 2.32. The molecule has 0 radical (unpaired) electrons. The van der Waals surface area contributed by atoms with Gasteiger partial charge >= 0.3 is 0 Å². The monoisotopic (exact) mass is 478 g/mol. The predicted molar refractivity (Wildman–Crippen MR) is 136 cm³/mol. The summed E-state index contributed by atoms with van der Waals surface area (Å²) in [7, 11) is 0. The maximum atomic E-state index is 12.7. The van der Waals surface area contributed by atoms with Crippen LogP contribution < -0.4 is 20.1 Å². The number of carbonyl (C=O) groups excluding carboxylic acids is 1. The topological polar surface area (TPSA) is 103 Å². The number of anilines is 2. The summed E-state index contributed by atoms with van der Waals surface area (Å²) in [6, 6.07) is 22.7. The molecule has 0 fully saturated rings. The van der Waals surface area contributed by atoms with Gasteiger partial charge in [0.15, 0.2) is 11.5 Å². The number of hydrogen-bond acceptors (Lipinski definition) is 7. The van der Waals surface area contributed by atoms with Crippen LogP contribution in [0.2, 0.25) is 0 Å². The summed E-state index contributed by atoms with van der Waals surface area (Å²) in [5, 5.41) is 6.27. The molecule has 0 aliphatic carbocycles. The van der Waals surface area contributed by atoms with Crippen LogP contribution in [0.4, 0.5) is 11.6 Å². The molecule has 1 atom stereocenters. The van der Waals surface area contributed by atoms with E-state index >= 15 is 0 Å². The van der Waals surface area contributed by atoms with Gasteiger partial charge in [0.25, 0.3) is 5.91 Å². The van der Waals surface area contributed by atoms with E-state index in [9.17, 15) is 4.79 Å². The third-order valence-corrected chi connectivity index (χ3v) is 5.97. The number of aromatic nitrogens is 4. The first kappa shape index (κ1) is 21.6. The normalized spacial score (nSPS) is 12.9. The summed E-state index contributed by atoms with van der Waals surface area (Å²) in [5.41, 5.74) is 3.85. The van der Waals surface area contributed by atoms with Crippen molar-refractivity contribution < 1.29 is 14.3 Å². The molecule has 2 N–H and O–H groups in total. The fourth-order valence-electron chi connectivity index (χ4n) is 4.09. The number of carbonyl (C=O) groups is 1. The molecule has 6 rings (SSSR count). The number of ether oxygens (including phenoxy) is 2. The second-order valence-electron chi connectivity index (χ2n) is 8.36. The van der Waals surface area contributed by atoms with Crippen LogP contribution in [-0.4, -0.2) is 32.2 Å². The van der Waals surface area contributed by atoms with Gasteiger partial charge in [-0.1, -0.05) is 30.3 Å². The van der Waals surface area contributed by atoms with Gasteiger partial charge in [-0.3, -0.25) is 9.36 Å². The van der Waals surface area contributed by atoms with Crippen LogP contribution in [0.15, 0.2) is 85.3 Å². The lowest BCUT2D eigenvalue weighted by molar-refractivity contribution is 0.102. The summed E-state index contributed by atoms with van der Waals surface area (Å²) in [5.74, 6) is 2.17. The molecular formula is C27H22N6O3. The Kier molecular flexibility index (Phi) is 5.42. The number of nitrogens with zero attached hydrogens (tertiary/aromatic N) is 4. The quantitative estimate of drug-likeness (QED) is 0.355. The number of hydrogen-bond donors (Lipinski definition) is 2. The van der Waals surface area contributed by atoms with E-state index in [2.05, 4.69) is 44.6 Å². The zero-order chi connectivity index (χ0) is 24.5. The fraction of sp³-hybridized carbons (Fsp3) is 0.111. The zero-order valence-electron chi connectivity index (χ0n) is 19.4. The molecule has 5 aromatic rings. The zero-order valence-corrected chi connectivity index (χ0v) is 19.4. The number of imidazole rings is 1. The Morgan fingerprint density at radius 1 is 0.972 bits per heavy atom. The minimum Gasteiger partial charge on any atom is -0.454 e. The standard InChI is InChI=1S/C27H22N6O3/c1-17(18-5-3-2-4-6-18)30-27-28-12-11-25(32-27)33-15-29-21-14-20(8-9-22(21)33)31-26(34)19-7-10-23-24(13-19)36-16-35-23/h2-15,17H,16H2,1H3,(H,31,34)(H,28,30,32)/t17-/m0/s1. The van der Waals surface area contributed by atoms with Gasteiger partial charge in [0.2, 0.25) is 12.7 Å². The number of rotatable bonds is 6. The molecule has 3 heterocycles. The first-order valence-corrected chi connectivity index (χ1v) is 11.5. The summed E-state index contributed by atoms with van der Waals surface area (Å²) in [6.45, 7) is 2.23. The fourth-order valence-corrected chi connectivity index (χ4v) is 4.09. The lowest BCUT2D eigenvalue weighted by atomic mass is 10.1. The molecule has 0 bridgehead atoms. The van der Waals surface area contributed by atoms with Crippen molar-refractivity contribution in [2.75, 3.05) is 17.4 Å². The molecule has 0 saturated carbocycles. The minimum atomic E-state index is -0.244. The van der Waals surface area contributed by atoms with Gasteiger partial charge in [-0.15, -0.1) is 0 Å².